The van der Waals surface area contributed by atoms with E-state index in [0.29, 0.717) is 19.4 Å². The molecule has 1 heterocycles. The number of alkyl halides is 3. The zero-order valence-corrected chi connectivity index (χ0v) is 7.90. The van der Waals surface area contributed by atoms with Crippen molar-refractivity contribution in [2.24, 2.45) is 0 Å². The lowest BCUT2D eigenvalue weighted by Crippen LogP contribution is -2.45. The molecule has 1 amide bonds. The molecular formula is C8H13F3N2O. The molecule has 1 saturated heterocycles. The molecule has 0 saturated carbocycles. The van der Waals surface area contributed by atoms with E-state index in [-0.39, 0.29) is 5.91 Å². The van der Waals surface area contributed by atoms with E-state index in [1.165, 1.54) is 11.9 Å². The summed E-state index contributed by atoms with van der Waals surface area (Å²) in [6.07, 6.45) is -3.07. The minimum absolute atomic E-state index is 0.327. The highest BCUT2D eigenvalue weighted by Crippen LogP contribution is 2.23. The molecule has 82 valence electrons. The van der Waals surface area contributed by atoms with Crippen LogP contribution in [0.25, 0.3) is 0 Å². The number of hydrogen-bond acceptors (Lipinski definition) is 2. The second kappa shape index (κ2) is 4.16. The SMILES string of the molecule is CNC(=O)C1CCCN1CC(F)(F)F. The number of likely N-dealkylation sites (N-methyl/N-ethyl adjacent to an activating group) is 1. The van der Waals surface area contributed by atoms with Gasteiger partial charge in [0.25, 0.3) is 0 Å². The van der Waals surface area contributed by atoms with Gasteiger partial charge in [-0.3, -0.25) is 9.69 Å². The number of hydrogen-bond donors (Lipinski definition) is 1. The summed E-state index contributed by atoms with van der Waals surface area (Å²) in [6.45, 7) is -0.650. The fourth-order valence-electron chi connectivity index (χ4n) is 1.71. The molecule has 1 unspecified atom stereocenters. The summed E-state index contributed by atoms with van der Waals surface area (Å²) in [4.78, 5) is 12.4. The summed E-state index contributed by atoms with van der Waals surface area (Å²) in [7, 11) is 1.44. The monoisotopic (exact) mass is 210 g/mol. The molecule has 6 heteroatoms. The largest absolute Gasteiger partial charge is 0.401 e. The predicted octanol–water partition coefficient (Wildman–Crippen LogP) is 0.759. The Kier molecular flexibility index (Phi) is 3.36. The van der Waals surface area contributed by atoms with Gasteiger partial charge in [0, 0.05) is 7.05 Å². The molecule has 1 rings (SSSR count). The maximum absolute atomic E-state index is 12.1. The number of likely N-dealkylation sites (tertiary alicyclic amines) is 1. The second-order valence-corrected chi connectivity index (χ2v) is 3.36. The number of carbonyl (C=O) groups is 1. The molecular weight excluding hydrogens is 197 g/mol. The van der Waals surface area contributed by atoms with Crippen LogP contribution in [0.1, 0.15) is 12.8 Å². The fraction of sp³-hybridized carbons (Fsp3) is 0.875. The summed E-state index contributed by atoms with van der Waals surface area (Å²) in [5.41, 5.74) is 0. The first kappa shape index (κ1) is 11.3. The Labute approximate surface area is 80.3 Å². The van der Waals surface area contributed by atoms with Gasteiger partial charge in [0.2, 0.25) is 5.91 Å². The van der Waals surface area contributed by atoms with Gasteiger partial charge in [0.05, 0.1) is 12.6 Å². The molecule has 1 aliphatic heterocycles. The van der Waals surface area contributed by atoms with Crippen molar-refractivity contribution in [1.82, 2.24) is 10.2 Å². The van der Waals surface area contributed by atoms with Crippen molar-refractivity contribution in [2.75, 3.05) is 20.1 Å². The Morgan fingerprint density at radius 2 is 2.21 bits per heavy atom. The number of nitrogens with zero attached hydrogens (tertiary/aromatic N) is 1. The average molecular weight is 210 g/mol. The number of amides is 1. The normalized spacial score (nSPS) is 23.9. The molecule has 1 N–H and O–H groups in total. The second-order valence-electron chi connectivity index (χ2n) is 3.36. The third-order valence-corrected chi connectivity index (χ3v) is 2.30. The highest BCUT2D eigenvalue weighted by Gasteiger charge is 2.38. The minimum atomic E-state index is -4.23. The first-order valence-corrected chi connectivity index (χ1v) is 4.46. The topological polar surface area (TPSA) is 32.3 Å². The van der Waals surface area contributed by atoms with Crippen LogP contribution < -0.4 is 5.32 Å². The zero-order chi connectivity index (χ0) is 10.8. The highest BCUT2D eigenvalue weighted by atomic mass is 19.4. The van der Waals surface area contributed by atoms with Gasteiger partial charge in [-0.15, -0.1) is 0 Å². The van der Waals surface area contributed by atoms with Crippen molar-refractivity contribution in [1.29, 1.82) is 0 Å². The van der Waals surface area contributed by atoms with E-state index in [4.69, 9.17) is 0 Å². The van der Waals surface area contributed by atoms with Crippen LogP contribution >= 0.6 is 0 Å². The standard InChI is InChI=1S/C8H13F3N2O/c1-12-7(14)6-3-2-4-13(6)5-8(9,10)11/h6H,2-5H2,1H3,(H,12,14). The Bertz CT molecular complexity index is 217. The first-order chi connectivity index (χ1) is 6.44. The fourth-order valence-corrected chi connectivity index (χ4v) is 1.71. The van der Waals surface area contributed by atoms with Crippen molar-refractivity contribution in [2.45, 2.75) is 25.1 Å². The Balaban J connectivity index is 2.56. The smallest absolute Gasteiger partial charge is 0.358 e. The van der Waals surface area contributed by atoms with Crippen LogP contribution in [0, 0.1) is 0 Å². The number of carbonyl (C=O) groups excluding carboxylic acids is 1. The molecule has 0 aliphatic carbocycles. The zero-order valence-electron chi connectivity index (χ0n) is 7.90. The Morgan fingerprint density at radius 1 is 1.57 bits per heavy atom. The number of rotatable bonds is 2. The van der Waals surface area contributed by atoms with Gasteiger partial charge in [-0.05, 0) is 19.4 Å². The number of halogens is 3. The van der Waals surface area contributed by atoms with Crippen LogP contribution in [0.3, 0.4) is 0 Å². The maximum atomic E-state index is 12.1. The molecule has 0 bridgehead atoms. The highest BCUT2D eigenvalue weighted by molar-refractivity contribution is 5.81. The third kappa shape index (κ3) is 2.87. The van der Waals surface area contributed by atoms with E-state index in [9.17, 15) is 18.0 Å². The molecule has 0 radical (unpaired) electrons. The van der Waals surface area contributed by atoms with Crippen molar-refractivity contribution < 1.29 is 18.0 Å². The van der Waals surface area contributed by atoms with Crippen molar-refractivity contribution in [3.8, 4) is 0 Å². The van der Waals surface area contributed by atoms with Gasteiger partial charge in [0.1, 0.15) is 0 Å². The molecule has 14 heavy (non-hydrogen) atoms. The predicted molar refractivity (Wildman–Crippen MR) is 44.7 cm³/mol. The minimum Gasteiger partial charge on any atom is -0.358 e. The number of nitrogens with one attached hydrogen (secondary N) is 1. The van der Waals surface area contributed by atoms with E-state index in [2.05, 4.69) is 5.32 Å². The van der Waals surface area contributed by atoms with E-state index >= 15 is 0 Å². The molecule has 1 atom stereocenters. The maximum Gasteiger partial charge on any atom is 0.401 e. The summed E-state index contributed by atoms with van der Waals surface area (Å²) < 4.78 is 36.2. The van der Waals surface area contributed by atoms with Crippen molar-refractivity contribution >= 4 is 5.91 Å². The molecule has 0 spiro atoms. The third-order valence-electron chi connectivity index (χ3n) is 2.30. The molecule has 1 fully saturated rings. The van der Waals surface area contributed by atoms with Gasteiger partial charge >= 0.3 is 6.18 Å². The van der Waals surface area contributed by atoms with Crippen LogP contribution in [0.4, 0.5) is 13.2 Å². The van der Waals surface area contributed by atoms with E-state index in [0.717, 1.165) is 0 Å². The van der Waals surface area contributed by atoms with Gasteiger partial charge in [0.15, 0.2) is 0 Å². The Morgan fingerprint density at radius 3 is 2.71 bits per heavy atom. The Hall–Kier alpha value is -0.780. The van der Waals surface area contributed by atoms with Gasteiger partial charge in [-0.1, -0.05) is 0 Å². The van der Waals surface area contributed by atoms with Crippen molar-refractivity contribution in [3.63, 3.8) is 0 Å². The van der Waals surface area contributed by atoms with E-state index in [1.54, 1.807) is 0 Å². The quantitative estimate of drug-likeness (QED) is 0.729. The van der Waals surface area contributed by atoms with E-state index < -0.39 is 18.8 Å². The lowest BCUT2D eigenvalue weighted by atomic mass is 10.2. The van der Waals surface area contributed by atoms with Crippen molar-refractivity contribution in [3.05, 3.63) is 0 Å². The average Bonchev–Trinajstić information content (AvgIpc) is 2.48. The molecule has 0 aromatic heterocycles. The van der Waals surface area contributed by atoms with Crippen LogP contribution in [0.2, 0.25) is 0 Å². The van der Waals surface area contributed by atoms with Crippen LogP contribution in [-0.4, -0.2) is 43.2 Å². The molecule has 1 aliphatic rings. The lowest BCUT2D eigenvalue weighted by Gasteiger charge is -2.23. The summed E-state index contributed by atoms with van der Waals surface area (Å²) in [5, 5.41) is 2.37. The molecule has 0 aromatic rings. The van der Waals surface area contributed by atoms with Crippen LogP contribution in [0.15, 0.2) is 0 Å². The summed E-state index contributed by atoms with van der Waals surface area (Å²) >= 11 is 0. The van der Waals surface area contributed by atoms with Gasteiger partial charge < -0.3 is 5.32 Å². The summed E-state index contributed by atoms with van der Waals surface area (Å²) in [5.74, 6) is -0.327. The van der Waals surface area contributed by atoms with Crippen LogP contribution in [0.5, 0.6) is 0 Å². The van der Waals surface area contributed by atoms with Gasteiger partial charge in [-0.2, -0.15) is 13.2 Å². The van der Waals surface area contributed by atoms with Gasteiger partial charge in [-0.25, -0.2) is 0 Å². The van der Waals surface area contributed by atoms with Crippen LogP contribution in [-0.2, 0) is 4.79 Å². The van der Waals surface area contributed by atoms with E-state index in [1.807, 2.05) is 0 Å². The lowest BCUT2D eigenvalue weighted by molar-refractivity contribution is -0.151. The summed E-state index contributed by atoms with van der Waals surface area (Å²) in [6, 6.07) is -0.610. The first-order valence-electron chi connectivity index (χ1n) is 4.46. The molecule has 3 nitrogen and oxygen atoms in total. The molecule has 0 aromatic carbocycles.